The number of sulfonamides is 1. The van der Waals surface area contributed by atoms with Crippen molar-refractivity contribution >= 4 is 19.9 Å². The van der Waals surface area contributed by atoms with Gasteiger partial charge in [-0.25, -0.2) is 21.6 Å². The van der Waals surface area contributed by atoms with Crippen molar-refractivity contribution in [3.63, 3.8) is 0 Å². The molecular formula is C24H35NO6S2. The maximum absolute atomic E-state index is 13.6. The Morgan fingerprint density at radius 2 is 1.21 bits per heavy atom. The Hall–Kier alpha value is -1.78. The van der Waals surface area contributed by atoms with Gasteiger partial charge in [0.1, 0.15) is 0 Å². The van der Waals surface area contributed by atoms with Crippen molar-refractivity contribution in [2.75, 3.05) is 14.2 Å². The van der Waals surface area contributed by atoms with E-state index in [0.717, 1.165) is 11.1 Å². The number of ether oxygens (including phenoxy) is 2. The van der Waals surface area contributed by atoms with Crippen LogP contribution in [0, 0.1) is 19.8 Å². The summed E-state index contributed by atoms with van der Waals surface area (Å²) in [5.74, 6) is -0.149. The zero-order chi connectivity index (χ0) is 24.8. The van der Waals surface area contributed by atoms with E-state index in [1.54, 1.807) is 48.5 Å². The maximum atomic E-state index is 13.6. The normalized spacial score (nSPS) is 14.5. The zero-order valence-electron chi connectivity index (χ0n) is 20.1. The molecule has 2 rings (SSSR count). The van der Waals surface area contributed by atoms with Gasteiger partial charge >= 0.3 is 0 Å². The Bertz CT molecular complexity index is 1090. The van der Waals surface area contributed by atoms with Gasteiger partial charge in [-0.2, -0.15) is 0 Å². The average molecular weight is 498 g/mol. The van der Waals surface area contributed by atoms with Crippen LogP contribution in [-0.2, 0) is 29.3 Å². The first-order chi connectivity index (χ1) is 15.4. The van der Waals surface area contributed by atoms with Crippen molar-refractivity contribution in [2.45, 2.75) is 67.9 Å². The van der Waals surface area contributed by atoms with Gasteiger partial charge in [0.05, 0.1) is 15.0 Å². The maximum Gasteiger partial charge on any atom is 0.240 e. The molecule has 2 aromatic rings. The molecule has 0 heterocycles. The Labute approximate surface area is 198 Å². The smallest absolute Gasteiger partial charge is 0.240 e. The quantitative estimate of drug-likeness (QED) is 0.447. The van der Waals surface area contributed by atoms with E-state index >= 15 is 0 Å². The van der Waals surface area contributed by atoms with Crippen LogP contribution in [0.25, 0.3) is 0 Å². The van der Waals surface area contributed by atoms with Crippen molar-refractivity contribution in [3.8, 4) is 0 Å². The SMILES string of the molecule is COC(CC(CC(NS(=O)(=O)c1ccc(C)cc1)C(C)C)S(=O)(=O)c1ccc(C)cc1)OC. The summed E-state index contributed by atoms with van der Waals surface area (Å²) in [6.07, 6.45) is -0.599. The summed E-state index contributed by atoms with van der Waals surface area (Å²) < 4.78 is 66.4. The van der Waals surface area contributed by atoms with Crippen LogP contribution in [0.5, 0.6) is 0 Å². The fourth-order valence-electron chi connectivity index (χ4n) is 3.50. The van der Waals surface area contributed by atoms with E-state index in [1.807, 2.05) is 27.7 Å². The number of hydrogen-bond donors (Lipinski definition) is 1. The molecule has 2 unspecified atom stereocenters. The van der Waals surface area contributed by atoms with Gasteiger partial charge in [-0.1, -0.05) is 49.2 Å². The molecule has 0 amide bonds. The van der Waals surface area contributed by atoms with Crippen molar-refractivity contribution in [3.05, 3.63) is 59.7 Å². The van der Waals surface area contributed by atoms with Crippen molar-refractivity contribution in [1.82, 2.24) is 4.72 Å². The molecule has 0 saturated heterocycles. The van der Waals surface area contributed by atoms with Gasteiger partial charge < -0.3 is 9.47 Å². The number of hydrogen-bond acceptors (Lipinski definition) is 6. The van der Waals surface area contributed by atoms with Gasteiger partial charge in [-0.05, 0) is 50.5 Å². The fraction of sp³-hybridized carbons (Fsp3) is 0.500. The van der Waals surface area contributed by atoms with Gasteiger partial charge in [-0.15, -0.1) is 0 Å². The molecule has 0 saturated carbocycles. The van der Waals surface area contributed by atoms with Crippen LogP contribution in [0.4, 0.5) is 0 Å². The summed E-state index contributed by atoms with van der Waals surface area (Å²) in [7, 11) is -4.72. The fourth-order valence-corrected chi connectivity index (χ4v) is 6.67. The van der Waals surface area contributed by atoms with E-state index in [4.69, 9.17) is 9.47 Å². The Balaban J connectivity index is 2.40. The Kier molecular flexibility index (Phi) is 9.63. The standard InChI is InChI=1S/C24H35NO6S2/c1-17(2)23(25-33(28,29)21-13-9-19(4)10-14-21)15-22(16-24(30-5)31-6)32(26,27)20-11-7-18(3)8-12-20/h7-14,17,22-25H,15-16H2,1-6H3. The minimum Gasteiger partial charge on any atom is -0.356 e. The largest absolute Gasteiger partial charge is 0.356 e. The van der Waals surface area contributed by atoms with Crippen molar-refractivity contribution < 1.29 is 26.3 Å². The van der Waals surface area contributed by atoms with Crippen LogP contribution in [0.2, 0.25) is 0 Å². The first kappa shape index (κ1) is 27.5. The Morgan fingerprint density at radius 3 is 1.64 bits per heavy atom. The second-order valence-corrected chi connectivity index (χ2v) is 12.6. The molecule has 2 aromatic carbocycles. The molecule has 0 aliphatic heterocycles. The minimum atomic E-state index is -3.83. The summed E-state index contributed by atoms with van der Waals surface area (Å²) in [5, 5.41) is -0.918. The van der Waals surface area contributed by atoms with Crippen molar-refractivity contribution in [1.29, 1.82) is 0 Å². The molecule has 0 bridgehead atoms. The van der Waals surface area contributed by atoms with Gasteiger partial charge in [0, 0.05) is 26.7 Å². The molecule has 9 heteroatoms. The molecule has 0 fully saturated rings. The second kappa shape index (κ2) is 11.6. The first-order valence-electron chi connectivity index (χ1n) is 10.9. The molecule has 2 atom stereocenters. The third-order valence-corrected chi connectivity index (χ3v) is 9.43. The average Bonchev–Trinajstić information content (AvgIpc) is 2.76. The molecule has 1 N–H and O–H groups in total. The lowest BCUT2D eigenvalue weighted by atomic mass is 9.99. The molecule has 0 spiro atoms. The number of rotatable bonds is 12. The van der Waals surface area contributed by atoms with E-state index in [0.29, 0.717) is 0 Å². The van der Waals surface area contributed by atoms with E-state index < -0.39 is 37.4 Å². The summed E-state index contributed by atoms with van der Waals surface area (Å²) in [5.41, 5.74) is 1.90. The number of nitrogens with one attached hydrogen (secondary N) is 1. The van der Waals surface area contributed by atoms with Gasteiger partial charge in [0.25, 0.3) is 0 Å². The molecule has 0 aromatic heterocycles. The molecule has 184 valence electrons. The van der Waals surface area contributed by atoms with Crippen LogP contribution >= 0.6 is 0 Å². The zero-order valence-corrected chi connectivity index (χ0v) is 21.7. The molecule has 0 aliphatic carbocycles. The van der Waals surface area contributed by atoms with Crippen LogP contribution in [-0.4, -0.2) is 48.6 Å². The molecular weight excluding hydrogens is 462 g/mol. The van der Waals surface area contributed by atoms with E-state index in [9.17, 15) is 16.8 Å². The van der Waals surface area contributed by atoms with Crippen LogP contribution in [0.3, 0.4) is 0 Å². The monoisotopic (exact) mass is 497 g/mol. The summed E-state index contributed by atoms with van der Waals surface area (Å²) in [4.78, 5) is 0.330. The lowest BCUT2D eigenvalue weighted by Crippen LogP contribution is -2.43. The highest BCUT2D eigenvalue weighted by Crippen LogP contribution is 2.27. The van der Waals surface area contributed by atoms with Gasteiger partial charge in [0.15, 0.2) is 16.1 Å². The van der Waals surface area contributed by atoms with Gasteiger partial charge in [0.2, 0.25) is 10.0 Å². The summed E-state index contributed by atoms with van der Waals surface area (Å²) in [6, 6.07) is 12.6. The second-order valence-electron chi connectivity index (χ2n) is 8.64. The highest BCUT2D eigenvalue weighted by molar-refractivity contribution is 7.92. The highest BCUT2D eigenvalue weighted by Gasteiger charge is 2.35. The topological polar surface area (TPSA) is 98.8 Å². The Morgan fingerprint density at radius 1 is 0.758 bits per heavy atom. The third kappa shape index (κ3) is 7.35. The van der Waals surface area contributed by atoms with Crippen LogP contribution < -0.4 is 4.72 Å². The van der Waals surface area contributed by atoms with Crippen LogP contribution in [0.1, 0.15) is 37.8 Å². The minimum absolute atomic E-state index is 0.0681. The van der Waals surface area contributed by atoms with E-state index in [-0.39, 0.29) is 28.6 Å². The predicted molar refractivity (Wildman–Crippen MR) is 129 cm³/mol. The molecule has 7 nitrogen and oxygen atoms in total. The van der Waals surface area contributed by atoms with Crippen LogP contribution in [0.15, 0.2) is 58.3 Å². The van der Waals surface area contributed by atoms with Gasteiger partial charge in [-0.3, -0.25) is 0 Å². The van der Waals surface area contributed by atoms with E-state index in [2.05, 4.69) is 4.72 Å². The lowest BCUT2D eigenvalue weighted by molar-refractivity contribution is -0.106. The molecule has 0 aliphatic rings. The summed E-state index contributed by atoms with van der Waals surface area (Å²) in [6.45, 7) is 7.49. The third-order valence-electron chi connectivity index (χ3n) is 5.73. The lowest BCUT2D eigenvalue weighted by Gasteiger charge is -2.29. The summed E-state index contributed by atoms with van der Waals surface area (Å²) >= 11 is 0. The molecule has 33 heavy (non-hydrogen) atoms. The highest BCUT2D eigenvalue weighted by atomic mass is 32.2. The predicted octanol–water partition coefficient (Wildman–Crippen LogP) is 3.85. The number of sulfone groups is 1. The van der Waals surface area contributed by atoms with E-state index in [1.165, 1.54) is 14.2 Å². The number of methoxy groups -OCH3 is 2. The number of aryl methyl sites for hydroxylation is 2. The first-order valence-corrected chi connectivity index (χ1v) is 13.9. The molecule has 0 radical (unpaired) electrons. The number of benzene rings is 2. The van der Waals surface area contributed by atoms with Crippen molar-refractivity contribution in [2.24, 2.45) is 5.92 Å².